The van der Waals surface area contributed by atoms with E-state index in [4.69, 9.17) is 0 Å². The van der Waals surface area contributed by atoms with Crippen molar-refractivity contribution in [1.29, 1.82) is 0 Å². The van der Waals surface area contributed by atoms with E-state index in [-0.39, 0.29) is 18.3 Å². The lowest BCUT2D eigenvalue weighted by Crippen LogP contribution is -2.40. The molecule has 2 rings (SSSR count). The molecule has 0 spiro atoms. The van der Waals surface area contributed by atoms with Crippen molar-refractivity contribution in [1.82, 2.24) is 10.2 Å². The number of thiophene rings is 1. The van der Waals surface area contributed by atoms with Crippen molar-refractivity contribution >= 4 is 29.7 Å². The van der Waals surface area contributed by atoms with Crippen LogP contribution in [0.4, 0.5) is 0 Å². The molecule has 18 heavy (non-hydrogen) atoms. The van der Waals surface area contributed by atoms with Gasteiger partial charge in [0.1, 0.15) is 0 Å². The highest BCUT2D eigenvalue weighted by Gasteiger charge is 2.23. The molecular weight excluding hydrogens is 268 g/mol. The molecule has 1 aliphatic rings. The SMILES string of the molecule is CNCC1CCN(C(=O)c2ccc(C)s2)CC1.Cl. The summed E-state index contributed by atoms with van der Waals surface area (Å²) in [5.41, 5.74) is 0. The van der Waals surface area contributed by atoms with Crippen molar-refractivity contribution in [2.75, 3.05) is 26.7 Å². The predicted octanol–water partition coefficient (Wildman–Crippen LogP) is 2.55. The highest BCUT2D eigenvalue weighted by molar-refractivity contribution is 7.13. The van der Waals surface area contributed by atoms with E-state index < -0.39 is 0 Å². The topological polar surface area (TPSA) is 32.3 Å². The van der Waals surface area contributed by atoms with Gasteiger partial charge in [-0.1, -0.05) is 0 Å². The van der Waals surface area contributed by atoms with Crippen molar-refractivity contribution < 1.29 is 4.79 Å². The molecule has 3 nitrogen and oxygen atoms in total. The lowest BCUT2D eigenvalue weighted by atomic mass is 9.97. The van der Waals surface area contributed by atoms with Crippen LogP contribution >= 0.6 is 23.7 Å². The van der Waals surface area contributed by atoms with Gasteiger partial charge in [-0.15, -0.1) is 23.7 Å². The fourth-order valence-electron chi connectivity index (χ4n) is 2.33. The minimum atomic E-state index is 0. The molecule has 102 valence electrons. The summed E-state index contributed by atoms with van der Waals surface area (Å²) in [6, 6.07) is 3.97. The number of carbonyl (C=O) groups excluding carboxylic acids is 1. The highest BCUT2D eigenvalue weighted by Crippen LogP contribution is 2.21. The summed E-state index contributed by atoms with van der Waals surface area (Å²) in [5, 5.41) is 3.22. The minimum Gasteiger partial charge on any atom is -0.338 e. The summed E-state index contributed by atoms with van der Waals surface area (Å²) in [5.74, 6) is 0.945. The quantitative estimate of drug-likeness (QED) is 0.927. The maximum absolute atomic E-state index is 12.2. The maximum atomic E-state index is 12.2. The summed E-state index contributed by atoms with van der Waals surface area (Å²) in [6.07, 6.45) is 2.24. The third-order valence-electron chi connectivity index (χ3n) is 3.35. The Labute approximate surface area is 119 Å². The zero-order valence-corrected chi connectivity index (χ0v) is 12.6. The van der Waals surface area contributed by atoms with Gasteiger partial charge in [-0.3, -0.25) is 4.79 Å². The molecule has 1 aromatic rings. The van der Waals surface area contributed by atoms with E-state index in [1.165, 1.54) is 4.88 Å². The molecule has 1 amide bonds. The third-order valence-corrected chi connectivity index (χ3v) is 4.33. The molecule has 0 radical (unpaired) electrons. The summed E-state index contributed by atoms with van der Waals surface area (Å²) >= 11 is 1.60. The zero-order valence-electron chi connectivity index (χ0n) is 10.9. The third kappa shape index (κ3) is 3.70. The Morgan fingerprint density at radius 3 is 2.61 bits per heavy atom. The maximum Gasteiger partial charge on any atom is 0.263 e. The lowest BCUT2D eigenvalue weighted by Gasteiger charge is -2.31. The van der Waals surface area contributed by atoms with Crippen LogP contribution in [-0.2, 0) is 0 Å². The molecule has 0 unspecified atom stereocenters. The van der Waals surface area contributed by atoms with E-state index >= 15 is 0 Å². The molecule has 1 aromatic heterocycles. The Morgan fingerprint density at radius 1 is 1.44 bits per heavy atom. The number of likely N-dealkylation sites (tertiary alicyclic amines) is 1. The van der Waals surface area contributed by atoms with Crippen LogP contribution in [0.2, 0.25) is 0 Å². The first kappa shape index (κ1) is 15.5. The average molecular weight is 289 g/mol. The second kappa shape index (κ2) is 7.12. The van der Waals surface area contributed by atoms with Gasteiger partial charge in [-0.2, -0.15) is 0 Å². The molecular formula is C13H21ClN2OS. The summed E-state index contributed by atoms with van der Waals surface area (Å²) in [7, 11) is 1.99. The number of aryl methyl sites for hydroxylation is 1. The number of rotatable bonds is 3. The van der Waals surface area contributed by atoms with Crippen molar-refractivity contribution in [2.45, 2.75) is 19.8 Å². The van der Waals surface area contributed by atoms with Gasteiger partial charge >= 0.3 is 0 Å². The highest BCUT2D eigenvalue weighted by atomic mass is 35.5. The van der Waals surface area contributed by atoms with Gasteiger partial charge in [0.25, 0.3) is 5.91 Å². The number of hydrogen-bond donors (Lipinski definition) is 1. The number of amides is 1. The first-order valence-electron chi connectivity index (χ1n) is 6.21. The molecule has 0 atom stereocenters. The van der Waals surface area contributed by atoms with Crippen LogP contribution in [0.5, 0.6) is 0 Å². The van der Waals surface area contributed by atoms with Gasteiger partial charge in [0.15, 0.2) is 0 Å². The van der Waals surface area contributed by atoms with E-state index in [1.807, 2.05) is 31.0 Å². The van der Waals surface area contributed by atoms with E-state index in [9.17, 15) is 4.79 Å². The average Bonchev–Trinajstić information content (AvgIpc) is 2.76. The Kier molecular flexibility index (Phi) is 6.12. The molecule has 5 heteroatoms. The second-order valence-electron chi connectivity index (χ2n) is 4.70. The number of hydrogen-bond acceptors (Lipinski definition) is 3. The van der Waals surface area contributed by atoms with Crippen molar-refractivity contribution in [2.24, 2.45) is 5.92 Å². The molecule has 1 N–H and O–H groups in total. The van der Waals surface area contributed by atoms with Crippen LogP contribution in [0.25, 0.3) is 0 Å². The first-order valence-corrected chi connectivity index (χ1v) is 7.02. The largest absolute Gasteiger partial charge is 0.338 e. The smallest absolute Gasteiger partial charge is 0.263 e. The van der Waals surface area contributed by atoms with Crippen molar-refractivity contribution in [3.63, 3.8) is 0 Å². The van der Waals surface area contributed by atoms with E-state index in [0.29, 0.717) is 0 Å². The summed E-state index contributed by atoms with van der Waals surface area (Å²) in [4.78, 5) is 16.3. The standard InChI is InChI=1S/C13H20N2OS.ClH/c1-10-3-4-12(17-10)13(16)15-7-5-11(6-8-15)9-14-2;/h3-4,11,14H,5-9H2,1-2H3;1H. The lowest BCUT2D eigenvalue weighted by molar-refractivity contribution is 0.0696. The van der Waals surface area contributed by atoms with Gasteiger partial charge < -0.3 is 10.2 Å². The molecule has 1 aliphatic heterocycles. The van der Waals surface area contributed by atoms with Gasteiger partial charge in [0, 0.05) is 18.0 Å². The molecule has 0 aliphatic carbocycles. The number of nitrogens with zero attached hydrogens (tertiary/aromatic N) is 1. The van der Waals surface area contributed by atoms with E-state index in [2.05, 4.69) is 5.32 Å². The molecule has 1 fully saturated rings. The Hall–Kier alpha value is -0.580. The van der Waals surface area contributed by atoms with Crippen molar-refractivity contribution in [3.8, 4) is 0 Å². The van der Waals surface area contributed by atoms with Crippen LogP contribution in [0.3, 0.4) is 0 Å². The Balaban J connectivity index is 0.00000162. The van der Waals surface area contributed by atoms with E-state index in [1.54, 1.807) is 11.3 Å². The number of halogens is 1. The van der Waals surface area contributed by atoms with Gasteiger partial charge in [-0.25, -0.2) is 0 Å². The Bertz CT molecular complexity index is 386. The van der Waals surface area contributed by atoms with Gasteiger partial charge in [0.05, 0.1) is 4.88 Å². The van der Waals surface area contributed by atoms with Crippen LogP contribution in [0.15, 0.2) is 12.1 Å². The molecule has 0 aromatic carbocycles. The zero-order chi connectivity index (χ0) is 12.3. The van der Waals surface area contributed by atoms with Gasteiger partial charge in [0.2, 0.25) is 0 Å². The van der Waals surface area contributed by atoms with Crippen LogP contribution < -0.4 is 5.32 Å². The van der Waals surface area contributed by atoms with Crippen LogP contribution in [0, 0.1) is 12.8 Å². The minimum absolute atomic E-state index is 0. The summed E-state index contributed by atoms with van der Waals surface area (Å²) in [6.45, 7) is 4.92. The number of nitrogens with one attached hydrogen (secondary N) is 1. The molecule has 0 bridgehead atoms. The number of carbonyl (C=O) groups is 1. The monoisotopic (exact) mass is 288 g/mol. The second-order valence-corrected chi connectivity index (χ2v) is 5.99. The van der Waals surface area contributed by atoms with Crippen LogP contribution in [0.1, 0.15) is 27.4 Å². The Morgan fingerprint density at radius 2 is 2.11 bits per heavy atom. The molecule has 1 saturated heterocycles. The van der Waals surface area contributed by atoms with Crippen molar-refractivity contribution in [3.05, 3.63) is 21.9 Å². The van der Waals surface area contributed by atoms with E-state index in [0.717, 1.165) is 43.3 Å². The summed E-state index contributed by atoms with van der Waals surface area (Å²) < 4.78 is 0. The van der Waals surface area contributed by atoms with Crippen LogP contribution in [-0.4, -0.2) is 37.5 Å². The fraction of sp³-hybridized carbons (Fsp3) is 0.615. The number of piperidine rings is 1. The van der Waals surface area contributed by atoms with Gasteiger partial charge in [-0.05, 0) is 51.4 Å². The first-order chi connectivity index (χ1) is 8.20. The predicted molar refractivity (Wildman–Crippen MR) is 78.9 cm³/mol. The molecule has 2 heterocycles. The fourth-order valence-corrected chi connectivity index (χ4v) is 3.17. The molecule has 0 saturated carbocycles. The normalized spacial score (nSPS) is 16.4.